The van der Waals surface area contributed by atoms with Gasteiger partial charge in [-0.2, -0.15) is 0 Å². The molecule has 0 radical (unpaired) electrons. The van der Waals surface area contributed by atoms with E-state index in [0.717, 1.165) is 11.3 Å². The summed E-state index contributed by atoms with van der Waals surface area (Å²) in [5.74, 6) is 0.478. The van der Waals surface area contributed by atoms with Gasteiger partial charge in [0.25, 0.3) is 0 Å². The third-order valence-electron chi connectivity index (χ3n) is 2.18. The molecule has 0 aromatic heterocycles. The maximum atomic E-state index is 11.0. The molecule has 1 aromatic carbocycles. The molecule has 0 saturated carbocycles. The van der Waals surface area contributed by atoms with Crippen molar-refractivity contribution in [1.82, 2.24) is 0 Å². The molecule has 1 aromatic rings. The molecule has 0 aliphatic rings. The van der Waals surface area contributed by atoms with E-state index in [4.69, 9.17) is 14.2 Å². The smallest absolute Gasteiger partial charge is 0.330 e. The van der Waals surface area contributed by atoms with Crippen LogP contribution in [0.25, 0.3) is 0 Å². The van der Waals surface area contributed by atoms with E-state index >= 15 is 0 Å². The number of methoxy groups -OCH3 is 1. The minimum Gasteiger partial charge on any atom is -0.497 e. The van der Waals surface area contributed by atoms with E-state index in [9.17, 15) is 4.79 Å². The van der Waals surface area contributed by atoms with Gasteiger partial charge in [-0.15, -0.1) is 0 Å². The number of carbonyl (C=O) groups excluding carboxylic acids is 1. The van der Waals surface area contributed by atoms with Crippen LogP contribution in [-0.2, 0) is 20.9 Å². The van der Waals surface area contributed by atoms with Gasteiger partial charge in [0.15, 0.2) is 0 Å². The van der Waals surface area contributed by atoms with Gasteiger partial charge >= 0.3 is 5.97 Å². The molecule has 0 fully saturated rings. The predicted octanol–water partition coefficient (Wildman–Crippen LogP) is 2.33. The summed E-state index contributed by atoms with van der Waals surface area (Å²) in [6.07, 6.45) is 3.01. The van der Waals surface area contributed by atoms with Crippen LogP contribution in [-0.4, -0.2) is 26.3 Å². The molecule has 0 aliphatic carbocycles. The molecule has 0 atom stereocenters. The zero-order valence-corrected chi connectivity index (χ0v) is 10.7. The molecule has 0 N–H and O–H groups in total. The lowest BCUT2D eigenvalue weighted by molar-refractivity contribution is -0.137. The third-order valence-corrected chi connectivity index (χ3v) is 2.18. The van der Waals surface area contributed by atoms with Crippen molar-refractivity contribution < 1.29 is 19.0 Å². The molecule has 18 heavy (non-hydrogen) atoms. The van der Waals surface area contributed by atoms with Crippen molar-refractivity contribution in [2.75, 3.05) is 20.3 Å². The predicted molar refractivity (Wildman–Crippen MR) is 68.4 cm³/mol. The van der Waals surface area contributed by atoms with Crippen molar-refractivity contribution in [1.29, 1.82) is 0 Å². The minimum absolute atomic E-state index is 0.342. The van der Waals surface area contributed by atoms with Crippen LogP contribution in [0.4, 0.5) is 0 Å². The number of hydrogen-bond acceptors (Lipinski definition) is 4. The number of benzene rings is 1. The van der Waals surface area contributed by atoms with Crippen molar-refractivity contribution in [2.45, 2.75) is 13.5 Å². The van der Waals surface area contributed by atoms with E-state index in [-0.39, 0.29) is 5.97 Å². The number of hydrogen-bond donors (Lipinski definition) is 0. The molecule has 0 unspecified atom stereocenters. The molecule has 0 heterocycles. The van der Waals surface area contributed by atoms with Gasteiger partial charge in [-0.1, -0.05) is 18.2 Å². The Hall–Kier alpha value is -1.81. The molecular formula is C14H18O4. The maximum absolute atomic E-state index is 11.0. The number of esters is 1. The van der Waals surface area contributed by atoms with E-state index in [1.54, 1.807) is 20.1 Å². The first-order valence-corrected chi connectivity index (χ1v) is 5.80. The van der Waals surface area contributed by atoms with Crippen LogP contribution in [0.3, 0.4) is 0 Å². The highest BCUT2D eigenvalue weighted by molar-refractivity contribution is 5.81. The Labute approximate surface area is 107 Å². The molecule has 0 spiro atoms. The van der Waals surface area contributed by atoms with Gasteiger partial charge < -0.3 is 14.2 Å². The highest BCUT2D eigenvalue weighted by Gasteiger charge is 1.95. The fourth-order valence-electron chi connectivity index (χ4n) is 1.30. The summed E-state index contributed by atoms with van der Waals surface area (Å²) < 4.78 is 15.2. The topological polar surface area (TPSA) is 44.8 Å². The Bertz CT molecular complexity index is 381. The normalized spacial score (nSPS) is 10.6. The third kappa shape index (κ3) is 5.50. The van der Waals surface area contributed by atoms with Crippen LogP contribution < -0.4 is 4.74 Å². The van der Waals surface area contributed by atoms with Crippen molar-refractivity contribution in [3.05, 3.63) is 42.0 Å². The first-order valence-electron chi connectivity index (χ1n) is 5.80. The van der Waals surface area contributed by atoms with Crippen molar-refractivity contribution in [2.24, 2.45) is 0 Å². The second kappa shape index (κ2) is 8.31. The maximum Gasteiger partial charge on any atom is 0.330 e. The first kappa shape index (κ1) is 14.3. The van der Waals surface area contributed by atoms with Crippen LogP contribution in [0, 0.1) is 0 Å². The largest absolute Gasteiger partial charge is 0.497 e. The van der Waals surface area contributed by atoms with Gasteiger partial charge in [0.05, 0.1) is 26.9 Å². The van der Waals surface area contributed by atoms with Crippen LogP contribution in [0.5, 0.6) is 5.75 Å². The average molecular weight is 250 g/mol. The van der Waals surface area contributed by atoms with Crippen molar-refractivity contribution in [3.63, 3.8) is 0 Å². The number of ether oxygens (including phenoxy) is 3. The van der Waals surface area contributed by atoms with Gasteiger partial charge in [-0.25, -0.2) is 4.79 Å². The van der Waals surface area contributed by atoms with Crippen molar-refractivity contribution in [3.8, 4) is 5.75 Å². The molecule has 0 saturated heterocycles. The molecule has 4 nitrogen and oxygen atoms in total. The first-order chi connectivity index (χ1) is 8.76. The molecule has 1 rings (SSSR count). The zero-order chi connectivity index (χ0) is 13.2. The van der Waals surface area contributed by atoms with E-state index in [2.05, 4.69) is 0 Å². The van der Waals surface area contributed by atoms with Gasteiger partial charge in [0, 0.05) is 6.08 Å². The molecule has 0 aliphatic heterocycles. The highest BCUT2D eigenvalue weighted by atomic mass is 16.5. The van der Waals surface area contributed by atoms with Gasteiger partial charge in [-0.05, 0) is 24.6 Å². The van der Waals surface area contributed by atoms with Crippen molar-refractivity contribution >= 4 is 5.97 Å². The van der Waals surface area contributed by atoms with Gasteiger partial charge in [0.1, 0.15) is 5.75 Å². The summed E-state index contributed by atoms with van der Waals surface area (Å²) in [7, 11) is 1.63. The summed E-state index contributed by atoms with van der Waals surface area (Å²) >= 11 is 0. The lowest BCUT2D eigenvalue weighted by Gasteiger charge is -2.03. The lowest BCUT2D eigenvalue weighted by atomic mass is 10.2. The summed E-state index contributed by atoms with van der Waals surface area (Å²) in [5.41, 5.74) is 1.06. The minimum atomic E-state index is -0.342. The second-order valence-electron chi connectivity index (χ2n) is 3.52. The zero-order valence-electron chi connectivity index (χ0n) is 10.7. The van der Waals surface area contributed by atoms with Crippen LogP contribution in [0.2, 0.25) is 0 Å². The Morgan fingerprint density at radius 3 is 2.61 bits per heavy atom. The Morgan fingerprint density at radius 2 is 2.00 bits per heavy atom. The molecular weight excluding hydrogens is 232 g/mol. The molecule has 0 bridgehead atoms. The fraction of sp³-hybridized carbons (Fsp3) is 0.357. The van der Waals surface area contributed by atoms with E-state index < -0.39 is 0 Å². The average Bonchev–Trinajstić information content (AvgIpc) is 2.39. The Balaban J connectivity index is 2.23. The molecule has 4 heteroatoms. The Morgan fingerprint density at radius 1 is 1.28 bits per heavy atom. The second-order valence-corrected chi connectivity index (χ2v) is 3.52. The van der Waals surface area contributed by atoms with Crippen LogP contribution in [0.1, 0.15) is 12.5 Å². The summed E-state index contributed by atoms with van der Waals surface area (Å²) in [5, 5.41) is 0. The summed E-state index contributed by atoms with van der Waals surface area (Å²) in [6.45, 7) is 3.03. The van der Waals surface area contributed by atoms with E-state index in [1.807, 2.05) is 24.3 Å². The summed E-state index contributed by atoms with van der Waals surface area (Å²) in [6, 6.07) is 7.64. The fourth-order valence-corrected chi connectivity index (χ4v) is 1.30. The van der Waals surface area contributed by atoms with Gasteiger partial charge in [0.2, 0.25) is 0 Å². The van der Waals surface area contributed by atoms with Crippen LogP contribution in [0.15, 0.2) is 36.4 Å². The quantitative estimate of drug-likeness (QED) is 0.423. The number of rotatable bonds is 7. The van der Waals surface area contributed by atoms with E-state index in [1.165, 1.54) is 6.08 Å². The SMILES string of the molecule is CCOC(=O)/C=C/COCc1ccc(OC)cc1. The van der Waals surface area contributed by atoms with E-state index in [0.29, 0.717) is 19.8 Å². The standard InChI is InChI=1S/C14H18O4/c1-3-18-14(15)5-4-10-17-11-12-6-8-13(16-2)9-7-12/h4-9H,3,10-11H2,1-2H3/b5-4+. The number of carbonyl (C=O) groups is 1. The van der Waals surface area contributed by atoms with Crippen LogP contribution >= 0.6 is 0 Å². The molecule has 0 amide bonds. The van der Waals surface area contributed by atoms with Gasteiger partial charge in [-0.3, -0.25) is 0 Å². The Kier molecular flexibility index (Phi) is 6.58. The lowest BCUT2D eigenvalue weighted by Crippen LogP contribution is -2.00. The monoisotopic (exact) mass is 250 g/mol. The molecule has 98 valence electrons. The summed E-state index contributed by atoms with van der Waals surface area (Å²) in [4.78, 5) is 11.0. The highest BCUT2D eigenvalue weighted by Crippen LogP contribution is 2.11.